The number of carbonyl (C=O) groups is 1. The van der Waals surface area contributed by atoms with Gasteiger partial charge in [0, 0.05) is 31.8 Å². The average molecular weight is 254 g/mol. The van der Waals surface area contributed by atoms with Gasteiger partial charge in [0.25, 0.3) is 0 Å². The summed E-state index contributed by atoms with van der Waals surface area (Å²) in [5.74, 6) is 0.394. The maximum Gasteiger partial charge on any atom is 0.320 e. The number of nitrogens with zero attached hydrogens (tertiary/aromatic N) is 2. The van der Waals surface area contributed by atoms with Crippen molar-refractivity contribution in [2.24, 2.45) is 5.92 Å². The van der Waals surface area contributed by atoms with E-state index in [1.807, 2.05) is 4.90 Å². The van der Waals surface area contributed by atoms with Gasteiger partial charge in [0.15, 0.2) is 0 Å². The van der Waals surface area contributed by atoms with Gasteiger partial charge in [-0.3, -0.25) is 0 Å². The van der Waals surface area contributed by atoms with Crippen molar-refractivity contribution in [1.82, 2.24) is 9.80 Å². The first-order valence-electron chi connectivity index (χ1n) is 7.31. The minimum absolute atomic E-state index is 0.214. The van der Waals surface area contributed by atoms with Crippen molar-refractivity contribution in [3.8, 4) is 0 Å². The molecule has 0 bridgehead atoms. The second kappa shape index (κ2) is 5.91. The first kappa shape index (κ1) is 13.7. The van der Waals surface area contributed by atoms with Gasteiger partial charge in [0.2, 0.25) is 0 Å². The molecule has 2 saturated heterocycles. The Morgan fingerprint density at radius 2 is 1.67 bits per heavy atom. The number of carbonyl (C=O) groups excluding carboxylic acids is 1. The van der Waals surface area contributed by atoms with Crippen molar-refractivity contribution in [1.29, 1.82) is 0 Å². The zero-order chi connectivity index (χ0) is 13.1. The van der Waals surface area contributed by atoms with E-state index in [0.29, 0.717) is 18.0 Å². The summed E-state index contributed by atoms with van der Waals surface area (Å²) in [5, 5.41) is 9.13. The van der Waals surface area contributed by atoms with E-state index in [2.05, 4.69) is 18.7 Å². The van der Waals surface area contributed by atoms with E-state index in [9.17, 15) is 4.79 Å². The topological polar surface area (TPSA) is 43.8 Å². The smallest absolute Gasteiger partial charge is 0.320 e. The highest BCUT2D eigenvalue weighted by Crippen LogP contribution is 2.25. The van der Waals surface area contributed by atoms with Crippen LogP contribution in [0.25, 0.3) is 0 Å². The van der Waals surface area contributed by atoms with Gasteiger partial charge >= 0.3 is 6.03 Å². The Bertz CT molecular complexity index is 278. The highest BCUT2D eigenvalue weighted by atomic mass is 16.3. The average Bonchev–Trinajstić information content (AvgIpc) is 2.38. The van der Waals surface area contributed by atoms with Crippen LogP contribution in [-0.4, -0.2) is 52.7 Å². The molecule has 0 radical (unpaired) electrons. The van der Waals surface area contributed by atoms with Gasteiger partial charge in [0.05, 0.1) is 0 Å². The number of hydrogen-bond acceptors (Lipinski definition) is 2. The molecule has 0 saturated carbocycles. The Morgan fingerprint density at radius 3 is 2.17 bits per heavy atom. The van der Waals surface area contributed by atoms with E-state index >= 15 is 0 Å². The molecule has 2 unspecified atom stereocenters. The molecule has 18 heavy (non-hydrogen) atoms. The van der Waals surface area contributed by atoms with Crippen molar-refractivity contribution in [3.63, 3.8) is 0 Å². The second-order valence-corrected chi connectivity index (χ2v) is 5.93. The van der Waals surface area contributed by atoms with Gasteiger partial charge in [-0.15, -0.1) is 0 Å². The summed E-state index contributed by atoms with van der Waals surface area (Å²) < 4.78 is 0. The number of piperidine rings is 2. The van der Waals surface area contributed by atoms with Crippen molar-refractivity contribution in [2.45, 2.75) is 58.0 Å². The maximum absolute atomic E-state index is 12.6. The first-order valence-corrected chi connectivity index (χ1v) is 7.31. The molecule has 2 aliphatic rings. The minimum Gasteiger partial charge on any atom is -0.396 e. The molecule has 2 aliphatic heterocycles. The Labute approximate surface area is 110 Å². The molecule has 2 atom stereocenters. The fraction of sp³-hybridized carbons (Fsp3) is 0.929. The monoisotopic (exact) mass is 254 g/mol. The van der Waals surface area contributed by atoms with Gasteiger partial charge < -0.3 is 14.9 Å². The second-order valence-electron chi connectivity index (χ2n) is 5.93. The largest absolute Gasteiger partial charge is 0.396 e. The molecule has 1 N–H and O–H groups in total. The molecule has 0 aliphatic carbocycles. The summed E-state index contributed by atoms with van der Waals surface area (Å²) in [6, 6.07) is 0.958. The van der Waals surface area contributed by atoms with Gasteiger partial charge in [-0.05, 0) is 51.9 Å². The van der Waals surface area contributed by atoms with Crippen LogP contribution in [0, 0.1) is 5.92 Å². The van der Waals surface area contributed by atoms with Crippen molar-refractivity contribution >= 4 is 6.03 Å². The summed E-state index contributed by atoms with van der Waals surface area (Å²) in [4.78, 5) is 16.6. The summed E-state index contributed by atoms with van der Waals surface area (Å²) in [6.07, 6.45) is 5.38. The molecule has 0 aromatic carbocycles. The highest BCUT2D eigenvalue weighted by molar-refractivity contribution is 5.75. The maximum atomic E-state index is 12.6. The van der Waals surface area contributed by atoms with E-state index in [4.69, 9.17) is 5.11 Å². The summed E-state index contributed by atoms with van der Waals surface area (Å²) in [7, 11) is 0. The van der Waals surface area contributed by atoms with Gasteiger partial charge in [-0.25, -0.2) is 4.79 Å². The quantitative estimate of drug-likeness (QED) is 0.778. The van der Waals surface area contributed by atoms with E-state index in [0.717, 1.165) is 38.8 Å². The summed E-state index contributed by atoms with van der Waals surface area (Å²) in [5.41, 5.74) is 0. The Hall–Kier alpha value is -0.770. The van der Waals surface area contributed by atoms with Crippen molar-refractivity contribution in [3.05, 3.63) is 0 Å². The lowest BCUT2D eigenvalue weighted by molar-refractivity contribution is 0.0749. The van der Waals surface area contributed by atoms with Crippen LogP contribution in [0.2, 0.25) is 0 Å². The molecule has 0 aromatic rings. The van der Waals surface area contributed by atoms with Crippen LogP contribution < -0.4 is 0 Å². The van der Waals surface area contributed by atoms with Gasteiger partial charge in [-0.1, -0.05) is 0 Å². The number of aliphatic hydroxyl groups excluding tert-OH is 1. The number of rotatable bonds is 1. The number of likely N-dealkylation sites (tertiary alicyclic amines) is 2. The fourth-order valence-corrected chi connectivity index (χ4v) is 3.27. The Morgan fingerprint density at radius 1 is 1.11 bits per heavy atom. The molecule has 2 heterocycles. The molecular formula is C14H26N2O2. The molecule has 104 valence electrons. The van der Waals surface area contributed by atoms with E-state index in [1.54, 1.807) is 0 Å². The van der Waals surface area contributed by atoms with Crippen molar-refractivity contribution < 1.29 is 9.90 Å². The molecule has 0 aromatic heterocycles. The van der Waals surface area contributed by atoms with E-state index < -0.39 is 0 Å². The van der Waals surface area contributed by atoms with Gasteiger partial charge in [0.1, 0.15) is 0 Å². The minimum atomic E-state index is 0.214. The van der Waals surface area contributed by atoms with Crippen LogP contribution in [-0.2, 0) is 0 Å². The molecular weight excluding hydrogens is 228 g/mol. The van der Waals surface area contributed by atoms with Crippen molar-refractivity contribution in [2.75, 3.05) is 19.7 Å². The third kappa shape index (κ3) is 2.79. The third-order valence-electron chi connectivity index (χ3n) is 4.56. The lowest BCUT2D eigenvalue weighted by atomic mass is 9.96. The standard InChI is InChI=1S/C14H26N2O2/c1-11-4-3-5-12(2)16(11)14(18)15-8-6-13(10-17)7-9-15/h11-13,17H,3-10H2,1-2H3. The van der Waals surface area contributed by atoms with Crippen LogP contribution in [0.4, 0.5) is 4.79 Å². The Kier molecular flexibility index (Phi) is 4.49. The lowest BCUT2D eigenvalue weighted by Crippen LogP contribution is -2.54. The van der Waals surface area contributed by atoms with Crippen LogP contribution in [0.3, 0.4) is 0 Å². The SMILES string of the molecule is CC1CCCC(C)N1C(=O)N1CCC(CO)CC1. The molecule has 2 rings (SSSR count). The van der Waals surface area contributed by atoms with Gasteiger partial charge in [-0.2, -0.15) is 0 Å². The molecule has 4 heteroatoms. The van der Waals surface area contributed by atoms with Crippen LogP contribution in [0.1, 0.15) is 46.0 Å². The normalized spacial score (nSPS) is 30.6. The molecule has 2 fully saturated rings. The molecule has 4 nitrogen and oxygen atoms in total. The molecule has 0 spiro atoms. The predicted molar refractivity (Wildman–Crippen MR) is 71.4 cm³/mol. The number of amides is 2. The Balaban J connectivity index is 1.94. The summed E-state index contributed by atoms with van der Waals surface area (Å²) >= 11 is 0. The number of hydrogen-bond donors (Lipinski definition) is 1. The molecule has 2 amide bonds. The highest BCUT2D eigenvalue weighted by Gasteiger charge is 2.33. The van der Waals surface area contributed by atoms with E-state index in [1.165, 1.54) is 6.42 Å². The predicted octanol–water partition coefficient (Wildman–Crippen LogP) is 2.07. The third-order valence-corrected chi connectivity index (χ3v) is 4.56. The number of aliphatic hydroxyl groups is 1. The first-order chi connectivity index (χ1) is 8.63. The lowest BCUT2D eigenvalue weighted by Gasteiger charge is -2.43. The zero-order valence-electron chi connectivity index (χ0n) is 11.6. The van der Waals surface area contributed by atoms with Crippen LogP contribution in [0.15, 0.2) is 0 Å². The zero-order valence-corrected chi connectivity index (χ0v) is 11.6. The van der Waals surface area contributed by atoms with Crippen LogP contribution >= 0.6 is 0 Å². The fourth-order valence-electron chi connectivity index (χ4n) is 3.27. The number of urea groups is 1. The summed E-state index contributed by atoms with van der Waals surface area (Å²) in [6.45, 7) is 6.20. The van der Waals surface area contributed by atoms with E-state index in [-0.39, 0.29) is 12.6 Å². The van der Waals surface area contributed by atoms with Crippen LogP contribution in [0.5, 0.6) is 0 Å².